The largest absolute Gasteiger partial charge is 0.260 e. The van der Waals surface area contributed by atoms with E-state index in [1.54, 1.807) is 12.1 Å². The third-order valence-electron chi connectivity index (χ3n) is 6.85. The zero-order valence-corrected chi connectivity index (χ0v) is 18.2. The summed E-state index contributed by atoms with van der Waals surface area (Å²) >= 11 is 12.7. The number of halogens is 3. The predicted octanol–water partition coefficient (Wildman–Crippen LogP) is 8.15. The van der Waals surface area contributed by atoms with Crippen LogP contribution in [0.1, 0.15) is 53.4 Å². The fraction of sp³-hybridized carbons (Fsp3) is 0.269. The van der Waals surface area contributed by atoms with Crippen LogP contribution in [0, 0.1) is 12.7 Å². The molecule has 1 fully saturated rings. The Morgan fingerprint density at radius 3 is 2.57 bits per heavy atom. The number of aryl methyl sites for hydroxylation is 1. The second-order valence-electron chi connectivity index (χ2n) is 8.44. The average Bonchev–Trinajstić information content (AvgIpc) is 3.09. The molecule has 4 heteroatoms. The summed E-state index contributed by atoms with van der Waals surface area (Å²) in [4.78, 5) is 4.83. The maximum atomic E-state index is 14.3. The van der Waals surface area contributed by atoms with Crippen molar-refractivity contribution in [3.05, 3.63) is 98.8 Å². The van der Waals surface area contributed by atoms with Crippen molar-refractivity contribution in [2.24, 2.45) is 4.99 Å². The van der Waals surface area contributed by atoms with Gasteiger partial charge in [0.05, 0.1) is 5.69 Å². The lowest BCUT2D eigenvalue weighted by molar-refractivity contribution is 0.289. The monoisotopic (exact) mass is 437 g/mol. The van der Waals surface area contributed by atoms with Crippen LogP contribution in [0.3, 0.4) is 0 Å². The zero-order chi connectivity index (χ0) is 20.9. The summed E-state index contributed by atoms with van der Waals surface area (Å²) in [5.41, 5.74) is 5.11. The summed E-state index contributed by atoms with van der Waals surface area (Å²) in [6.07, 6.45) is 5.18. The van der Waals surface area contributed by atoms with E-state index in [1.807, 2.05) is 30.3 Å². The van der Waals surface area contributed by atoms with Crippen molar-refractivity contribution in [2.45, 2.75) is 43.4 Å². The van der Waals surface area contributed by atoms with E-state index in [1.165, 1.54) is 11.1 Å². The first-order chi connectivity index (χ1) is 14.5. The van der Waals surface area contributed by atoms with Crippen molar-refractivity contribution < 1.29 is 4.39 Å². The smallest absolute Gasteiger partial charge is 0.123 e. The Morgan fingerprint density at radius 1 is 0.933 bits per heavy atom. The van der Waals surface area contributed by atoms with Crippen LogP contribution < -0.4 is 0 Å². The summed E-state index contributed by atoms with van der Waals surface area (Å²) in [7, 11) is 0. The number of rotatable bonds is 2. The van der Waals surface area contributed by atoms with Crippen LogP contribution in [-0.2, 0) is 5.41 Å². The third-order valence-corrected chi connectivity index (χ3v) is 7.32. The topological polar surface area (TPSA) is 12.4 Å². The minimum atomic E-state index is -0.360. The van der Waals surface area contributed by atoms with Crippen LogP contribution in [0.25, 0.3) is 0 Å². The Hall–Kier alpha value is -2.16. The molecule has 1 spiro atoms. The second kappa shape index (κ2) is 7.51. The van der Waals surface area contributed by atoms with E-state index in [0.29, 0.717) is 5.02 Å². The van der Waals surface area contributed by atoms with Crippen molar-refractivity contribution in [1.29, 1.82) is 0 Å². The molecule has 0 radical (unpaired) electrons. The molecule has 1 aliphatic heterocycles. The average molecular weight is 438 g/mol. The van der Waals surface area contributed by atoms with Crippen molar-refractivity contribution >= 4 is 35.1 Å². The molecule has 5 rings (SSSR count). The van der Waals surface area contributed by atoms with E-state index in [-0.39, 0.29) is 23.1 Å². The number of hydrogen-bond acceptors (Lipinski definition) is 1. The minimum absolute atomic E-state index is 0.122. The first-order valence-electron chi connectivity index (χ1n) is 10.4. The molecule has 1 nitrogen and oxygen atoms in total. The Balaban J connectivity index is 1.76. The lowest BCUT2D eigenvalue weighted by atomic mass is 9.54. The number of benzene rings is 3. The van der Waals surface area contributed by atoms with E-state index >= 15 is 0 Å². The van der Waals surface area contributed by atoms with Gasteiger partial charge in [0.25, 0.3) is 0 Å². The summed E-state index contributed by atoms with van der Waals surface area (Å²) in [6.45, 7) is 2.07. The predicted molar refractivity (Wildman–Crippen MR) is 123 cm³/mol. The highest BCUT2D eigenvalue weighted by Crippen LogP contribution is 2.60. The van der Waals surface area contributed by atoms with Gasteiger partial charge in [-0.15, -0.1) is 0 Å². The van der Waals surface area contributed by atoms with E-state index < -0.39 is 0 Å². The molecule has 1 heterocycles. The molecule has 152 valence electrons. The molecule has 0 bridgehead atoms. The maximum absolute atomic E-state index is 14.3. The first kappa shape index (κ1) is 19.8. The van der Waals surface area contributed by atoms with Crippen molar-refractivity contribution in [2.75, 3.05) is 0 Å². The molecule has 30 heavy (non-hydrogen) atoms. The standard InChI is InChI=1S/C26H22Cl2FN/c1-16-8-10-20(29)14-21(16)23-7-3-6-22(17-4-2-5-18(27)12-17)26(23)15-30-25-13-19(28)9-11-24(25)26/h2,4-5,8-15,22-23H,3,6-7H2,1H3. The van der Waals surface area contributed by atoms with E-state index in [0.717, 1.165) is 41.1 Å². The van der Waals surface area contributed by atoms with E-state index in [9.17, 15) is 4.39 Å². The minimum Gasteiger partial charge on any atom is -0.260 e. The molecule has 0 N–H and O–H groups in total. The fourth-order valence-corrected chi connectivity index (χ4v) is 5.96. The highest BCUT2D eigenvalue weighted by Gasteiger charge is 2.52. The molecule has 3 atom stereocenters. The number of nitrogens with zero attached hydrogens (tertiary/aromatic N) is 1. The molecule has 1 aliphatic carbocycles. The Morgan fingerprint density at radius 2 is 1.73 bits per heavy atom. The highest BCUT2D eigenvalue weighted by molar-refractivity contribution is 6.31. The highest BCUT2D eigenvalue weighted by atomic mass is 35.5. The molecule has 0 saturated heterocycles. The van der Waals surface area contributed by atoms with Crippen LogP contribution in [0.5, 0.6) is 0 Å². The lowest BCUT2D eigenvalue weighted by Gasteiger charge is -2.47. The van der Waals surface area contributed by atoms with Gasteiger partial charge in [0.2, 0.25) is 0 Å². The second-order valence-corrected chi connectivity index (χ2v) is 9.32. The van der Waals surface area contributed by atoms with Gasteiger partial charge in [0, 0.05) is 21.7 Å². The molecule has 0 aromatic heterocycles. The van der Waals surface area contributed by atoms with E-state index in [2.05, 4.69) is 31.3 Å². The maximum Gasteiger partial charge on any atom is 0.123 e. The molecule has 3 aromatic rings. The molecule has 1 saturated carbocycles. The van der Waals surface area contributed by atoms with Crippen molar-refractivity contribution in [1.82, 2.24) is 0 Å². The lowest BCUT2D eigenvalue weighted by Crippen LogP contribution is -2.43. The van der Waals surface area contributed by atoms with Gasteiger partial charge in [-0.25, -0.2) is 4.39 Å². The Bertz CT molecular complexity index is 1160. The van der Waals surface area contributed by atoms with Crippen LogP contribution in [0.4, 0.5) is 10.1 Å². The van der Waals surface area contributed by atoms with Gasteiger partial charge in [-0.3, -0.25) is 4.99 Å². The number of hydrogen-bond donors (Lipinski definition) is 0. The van der Waals surface area contributed by atoms with Gasteiger partial charge in [0.1, 0.15) is 5.82 Å². The summed E-state index contributed by atoms with van der Waals surface area (Å²) in [5.74, 6) is 0.128. The normalized spacial score (nSPS) is 24.9. The first-order valence-corrected chi connectivity index (χ1v) is 11.1. The zero-order valence-electron chi connectivity index (χ0n) is 16.7. The molecular weight excluding hydrogens is 416 g/mol. The molecular formula is C26H22Cl2FN. The van der Waals surface area contributed by atoms with Crippen LogP contribution >= 0.6 is 23.2 Å². The van der Waals surface area contributed by atoms with Gasteiger partial charge in [-0.2, -0.15) is 0 Å². The van der Waals surface area contributed by atoms with Crippen LogP contribution in [0.2, 0.25) is 10.0 Å². The summed E-state index contributed by atoms with van der Waals surface area (Å²) in [5, 5.41) is 1.41. The molecule has 3 unspecified atom stereocenters. The number of aliphatic imine (C=N–C) groups is 1. The van der Waals surface area contributed by atoms with E-state index in [4.69, 9.17) is 28.2 Å². The van der Waals surface area contributed by atoms with Crippen LogP contribution in [0.15, 0.2) is 65.7 Å². The van der Waals surface area contributed by atoms with Crippen molar-refractivity contribution in [3.8, 4) is 0 Å². The van der Waals surface area contributed by atoms with Crippen LogP contribution in [-0.4, -0.2) is 6.21 Å². The Kier molecular flexibility index (Phi) is 4.95. The van der Waals surface area contributed by atoms with Gasteiger partial charge in [0.15, 0.2) is 0 Å². The summed E-state index contributed by atoms with van der Waals surface area (Å²) in [6, 6.07) is 19.3. The Labute approximate surface area is 186 Å². The van der Waals surface area contributed by atoms with Gasteiger partial charge >= 0.3 is 0 Å². The molecule has 0 amide bonds. The quantitative estimate of drug-likeness (QED) is 0.383. The fourth-order valence-electron chi connectivity index (χ4n) is 5.59. The molecule has 2 aliphatic rings. The van der Waals surface area contributed by atoms with Gasteiger partial charge in [-0.05, 0) is 90.3 Å². The van der Waals surface area contributed by atoms with Gasteiger partial charge in [-0.1, -0.05) is 53.9 Å². The number of fused-ring (bicyclic) bond motifs is 2. The third kappa shape index (κ3) is 3.09. The summed E-state index contributed by atoms with van der Waals surface area (Å²) < 4.78 is 14.3. The molecule has 3 aromatic carbocycles. The van der Waals surface area contributed by atoms with Gasteiger partial charge < -0.3 is 0 Å². The van der Waals surface area contributed by atoms with Crippen molar-refractivity contribution in [3.63, 3.8) is 0 Å². The SMILES string of the molecule is Cc1ccc(F)cc1C1CCCC(c2cccc(Cl)c2)C12C=Nc1cc(Cl)ccc12.